The minimum atomic E-state index is -0.990. The molecule has 0 amide bonds. The fourth-order valence-corrected chi connectivity index (χ4v) is 5.44. The summed E-state index contributed by atoms with van der Waals surface area (Å²) in [6.45, 7) is 2.58. The molecule has 0 aliphatic heterocycles. The van der Waals surface area contributed by atoms with Crippen molar-refractivity contribution in [3.63, 3.8) is 0 Å². The van der Waals surface area contributed by atoms with Gasteiger partial charge >= 0.3 is 0 Å². The average Bonchev–Trinajstić information content (AvgIpc) is 3.29. The van der Waals surface area contributed by atoms with Crippen LogP contribution in [0.5, 0.6) is 0 Å². The Kier molecular flexibility index (Phi) is 4.11. The molecule has 0 aromatic carbocycles. The molecule has 2 heterocycles. The van der Waals surface area contributed by atoms with Gasteiger partial charge in [0.25, 0.3) is 0 Å². The number of anilines is 1. The molecule has 26 heavy (non-hydrogen) atoms. The maximum atomic E-state index is 11.4. The van der Waals surface area contributed by atoms with Gasteiger partial charge in [0.05, 0.1) is 17.7 Å². The molecule has 2 aliphatic rings. The van der Waals surface area contributed by atoms with Crippen LogP contribution in [-0.2, 0) is 19.2 Å². The van der Waals surface area contributed by atoms with Gasteiger partial charge in [-0.2, -0.15) is 5.10 Å². The third kappa shape index (κ3) is 2.48. The number of carbonyl (C=O) groups is 1. The summed E-state index contributed by atoms with van der Waals surface area (Å²) in [6, 6.07) is 0. The second kappa shape index (κ2) is 6.09. The quantitative estimate of drug-likeness (QED) is 0.797. The molecule has 0 bridgehead atoms. The monoisotopic (exact) mass is 377 g/mol. The Bertz CT molecular complexity index is 844. The molecule has 0 radical (unpaired) electrons. The van der Waals surface area contributed by atoms with E-state index in [1.165, 1.54) is 0 Å². The molecule has 2 atom stereocenters. The van der Waals surface area contributed by atoms with E-state index in [-0.39, 0.29) is 11.7 Å². The first-order valence-electron chi connectivity index (χ1n) is 9.09. The largest absolute Gasteiger partial charge is 0.383 e. The first-order chi connectivity index (χ1) is 12.4. The number of aldehydes is 1. The van der Waals surface area contributed by atoms with Crippen molar-refractivity contribution in [2.24, 2.45) is 18.9 Å². The number of nitrogen functional groups attached to an aromatic ring is 1. The fourth-order valence-electron chi connectivity index (χ4n) is 5.13. The molecule has 7 nitrogen and oxygen atoms in total. The van der Waals surface area contributed by atoms with Crippen LogP contribution in [0, 0.1) is 11.8 Å². The van der Waals surface area contributed by atoms with Crippen molar-refractivity contribution in [2.75, 3.05) is 5.73 Å². The number of fused-ring (bicyclic) bond motifs is 1. The summed E-state index contributed by atoms with van der Waals surface area (Å²) in [7, 11) is 1.84. The van der Waals surface area contributed by atoms with E-state index >= 15 is 0 Å². The van der Waals surface area contributed by atoms with Gasteiger partial charge in [0.2, 0.25) is 0 Å². The smallest absolute Gasteiger partial charge is 0.168 e. The number of aliphatic hydroxyl groups is 1. The van der Waals surface area contributed by atoms with Gasteiger partial charge < -0.3 is 15.4 Å². The highest BCUT2D eigenvalue weighted by atomic mass is 35.5. The summed E-state index contributed by atoms with van der Waals surface area (Å²) in [5, 5.41) is 16.0. The van der Waals surface area contributed by atoms with Crippen LogP contribution in [0.25, 0.3) is 0 Å². The molecule has 2 unspecified atom stereocenters. The van der Waals surface area contributed by atoms with E-state index < -0.39 is 5.60 Å². The second-order valence-corrected chi connectivity index (χ2v) is 8.11. The van der Waals surface area contributed by atoms with Crippen molar-refractivity contribution in [1.29, 1.82) is 0 Å². The number of halogens is 1. The molecule has 2 saturated carbocycles. The third-order valence-corrected chi connectivity index (χ3v) is 6.58. The number of aryl methyl sites for hydroxylation is 2. The average molecular weight is 378 g/mol. The normalized spacial score (nSPS) is 30.7. The van der Waals surface area contributed by atoms with Gasteiger partial charge in [-0.3, -0.25) is 9.48 Å². The van der Waals surface area contributed by atoms with Crippen molar-refractivity contribution in [1.82, 2.24) is 19.3 Å². The van der Waals surface area contributed by atoms with Crippen LogP contribution >= 0.6 is 11.6 Å². The number of carbonyl (C=O) groups excluding carboxylic acids is 1. The molecule has 0 spiro atoms. The molecule has 2 aliphatic carbocycles. The Morgan fingerprint density at radius 2 is 2.08 bits per heavy atom. The summed E-state index contributed by atoms with van der Waals surface area (Å²) in [4.78, 5) is 15.8. The van der Waals surface area contributed by atoms with Gasteiger partial charge in [-0.25, -0.2) is 4.98 Å². The molecule has 2 aromatic heterocycles. The van der Waals surface area contributed by atoms with Gasteiger partial charge in [0.15, 0.2) is 12.1 Å². The van der Waals surface area contributed by atoms with E-state index in [2.05, 4.69) is 10.1 Å². The Hall–Kier alpha value is -1.86. The SMILES string of the molecule is CCn1nc(N)c(Cl)c1C1(O)CC2CC(c3ncn(C)c3C=O)CC2C1. The lowest BCUT2D eigenvalue weighted by molar-refractivity contribution is 0.0256. The van der Waals surface area contributed by atoms with Crippen molar-refractivity contribution in [2.45, 2.75) is 50.7 Å². The summed E-state index contributed by atoms with van der Waals surface area (Å²) in [5.74, 6) is 1.30. The zero-order valence-electron chi connectivity index (χ0n) is 15.0. The van der Waals surface area contributed by atoms with E-state index in [0.29, 0.717) is 47.6 Å². The minimum Gasteiger partial charge on any atom is -0.383 e. The van der Waals surface area contributed by atoms with Crippen LogP contribution in [0.1, 0.15) is 60.4 Å². The maximum absolute atomic E-state index is 11.4. The molecule has 2 fully saturated rings. The molecule has 8 heteroatoms. The molecule has 3 N–H and O–H groups in total. The summed E-state index contributed by atoms with van der Waals surface area (Å²) >= 11 is 6.37. The standard InChI is InChI=1S/C18H24ClN5O2/c1-3-24-16(14(19)17(20)22-24)18(26)6-11-4-10(5-12(11)7-18)15-13(8-25)23(2)9-21-15/h8-12,26H,3-7H2,1-2H3,(H2,20,22). The Balaban J connectivity index is 1.58. The Labute approximate surface area is 157 Å². The van der Waals surface area contributed by atoms with E-state index in [4.69, 9.17) is 17.3 Å². The second-order valence-electron chi connectivity index (χ2n) is 7.74. The van der Waals surface area contributed by atoms with E-state index in [1.807, 2.05) is 14.0 Å². The molecular weight excluding hydrogens is 354 g/mol. The predicted molar refractivity (Wildman–Crippen MR) is 98.0 cm³/mol. The lowest BCUT2D eigenvalue weighted by Gasteiger charge is -2.26. The number of rotatable bonds is 4. The van der Waals surface area contributed by atoms with Crippen LogP contribution in [0.3, 0.4) is 0 Å². The molecular formula is C18H24ClN5O2. The van der Waals surface area contributed by atoms with Crippen molar-refractivity contribution in [3.05, 3.63) is 28.4 Å². The molecule has 0 saturated heterocycles. The van der Waals surface area contributed by atoms with Gasteiger partial charge in [-0.15, -0.1) is 0 Å². The number of nitrogens with zero attached hydrogens (tertiary/aromatic N) is 4. The van der Waals surface area contributed by atoms with Crippen LogP contribution in [0.2, 0.25) is 5.02 Å². The van der Waals surface area contributed by atoms with Crippen LogP contribution in [0.4, 0.5) is 5.82 Å². The highest BCUT2D eigenvalue weighted by molar-refractivity contribution is 6.33. The highest BCUT2D eigenvalue weighted by Crippen LogP contribution is 2.57. The van der Waals surface area contributed by atoms with Crippen LogP contribution in [-0.4, -0.2) is 30.7 Å². The third-order valence-electron chi connectivity index (χ3n) is 6.21. The summed E-state index contributed by atoms with van der Waals surface area (Å²) in [5.41, 5.74) is 7.08. The molecule has 2 aromatic rings. The predicted octanol–water partition coefficient (Wildman–Crippen LogP) is 2.48. The molecule has 4 rings (SSSR count). The van der Waals surface area contributed by atoms with Gasteiger partial charge in [0.1, 0.15) is 16.3 Å². The van der Waals surface area contributed by atoms with Gasteiger partial charge in [-0.05, 0) is 44.4 Å². The molecule has 140 valence electrons. The zero-order valence-corrected chi connectivity index (χ0v) is 15.8. The van der Waals surface area contributed by atoms with Crippen LogP contribution < -0.4 is 5.73 Å². The number of hydrogen-bond donors (Lipinski definition) is 2. The van der Waals surface area contributed by atoms with Crippen LogP contribution in [0.15, 0.2) is 6.33 Å². The minimum absolute atomic E-state index is 0.271. The first kappa shape index (κ1) is 17.5. The fraction of sp³-hybridized carbons (Fsp3) is 0.611. The van der Waals surface area contributed by atoms with Crippen molar-refractivity contribution < 1.29 is 9.90 Å². The topological polar surface area (TPSA) is 99.0 Å². The first-order valence-corrected chi connectivity index (χ1v) is 9.46. The summed E-state index contributed by atoms with van der Waals surface area (Å²) < 4.78 is 3.49. The van der Waals surface area contributed by atoms with E-state index in [9.17, 15) is 9.90 Å². The number of imidazole rings is 1. The van der Waals surface area contributed by atoms with E-state index in [0.717, 1.165) is 24.8 Å². The van der Waals surface area contributed by atoms with Crippen molar-refractivity contribution >= 4 is 23.7 Å². The lowest BCUT2D eigenvalue weighted by atomic mass is 9.90. The number of hydrogen-bond acceptors (Lipinski definition) is 5. The number of nitrogens with two attached hydrogens (primary N) is 1. The van der Waals surface area contributed by atoms with Crippen molar-refractivity contribution in [3.8, 4) is 0 Å². The Morgan fingerprint density at radius 3 is 2.65 bits per heavy atom. The zero-order chi connectivity index (χ0) is 18.6. The lowest BCUT2D eigenvalue weighted by Crippen LogP contribution is -2.27. The van der Waals surface area contributed by atoms with Gasteiger partial charge in [-0.1, -0.05) is 11.6 Å². The summed E-state index contributed by atoms with van der Waals surface area (Å²) in [6.07, 6.45) is 5.72. The maximum Gasteiger partial charge on any atom is 0.168 e. The Morgan fingerprint density at radius 1 is 1.42 bits per heavy atom. The highest BCUT2D eigenvalue weighted by Gasteiger charge is 2.52. The van der Waals surface area contributed by atoms with Gasteiger partial charge in [0, 0.05) is 19.5 Å². The number of aromatic nitrogens is 4. The van der Waals surface area contributed by atoms with E-state index in [1.54, 1.807) is 15.6 Å².